The zero-order valence-electron chi connectivity index (χ0n) is 16.7. The summed E-state index contributed by atoms with van der Waals surface area (Å²) in [6.45, 7) is 0.760. The molecular formula is C20H28N2O6S. The third-order valence-corrected chi connectivity index (χ3v) is 6.73. The van der Waals surface area contributed by atoms with E-state index in [2.05, 4.69) is 4.72 Å². The van der Waals surface area contributed by atoms with Crippen LogP contribution in [0.2, 0.25) is 0 Å². The Morgan fingerprint density at radius 1 is 1.10 bits per heavy atom. The van der Waals surface area contributed by atoms with Gasteiger partial charge in [0.05, 0.1) is 23.8 Å². The van der Waals surface area contributed by atoms with Crippen molar-refractivity contribution in [2.45, 2.75) is 62.4 Å². The summed E-state index contributed by atoms with van der Waals surface area (Å²) >= 11 is 0. The molecule has 1 aliphatic heterocycles. The number of nitrogens with zero attached hydrogens (tertiary/aromatic N) is 1. The van der Waals surface area contributed by atoms with Gasteiger partial charge in [-0.1, -0.05) is 19.3 Å². The van der Waals surface area contributed by atoms with Gasteiger partial charge in [-0.05, 0) is 37.5 Å². The second kappa shape index (κ2) is 9.69. The lowest BCUT2D eigenvalue weighted by atomic mass is 9.98. The van der Waals surface area contributed by atoms with Crippen molar-refractivity contribution in [3.05, 3.63) is 18.2 Å². The number of methoxy groups -OCH3 is 1. The highest BCUT2D eigenvalue weighted by Crippen LogP contribution is 2.34. The van der Waals surface area contributed by atoms with Crippen molar-refractivity contribution < 1.29 is 27.5 Å². The Hall–Kier alpha value is -1.97. The summed E-state index contributed by atoms with van der Waals surface area (Å²) in [6, 6.07) is 4.16. The summed E-state index contributed by atoms with van der Waals surface area (Å²) in [5.41, 5.74) is 0.156. The van der Waals surface area contributed by atoms with E-state index in [4.69, 9.17) is 9.47 Å². The van der Waals surface area contributed by atoms with Gasteiger partial charge >= 0.3 is 0 Å². The number of carbonyl (C=O) groups is 2. The Morgan fingerprint density at radius 3 is 2.45 bits per heavy atom. The van der Waals surface area contributed by atoms with Crippen molar-refractivity contribution in [3.63, 3.8) is 0 Å². The maximum Gasteiger partial charge on any atom is 0.240 e. The van der Waals surface area contributed by atoms with Crippen LogP contribution in [-0.2, 0) is 24.3 Å². The van der Waals surface area contributed by atoms with Crippen LogP contribution in [0.5, 0.6) is 5.75 Å². The summed E-state index contributed by atoms with van der Waals surface area (Å²) in [5.74, 6) is -0.459. The molecule has 2 fully saturated rings. The molecule has 1 aromatic rings. The molecule has 0 aromatic heterocycles. The van der Waals surface area contributed by atoms with E-state index in [9.17, 15) is 18.0 Å². The zero-order chi connectivity index (χ0) is 20.9. The fraction of sp³-hybridized carbons (Fsp3) is 0.600. The molecular weight excluding hydrogens is 396 g/mol. The average Bonchev–Trinajstić information content (AvgIpc) is 3.06. The number of rotatable bonds is 9. The summed E-state index contributed by atoms with van der Waals surface area (Å²) < 4.78 is 38.9. The van der Waals surface area contributed by atoms with Crippen molar-refractivity contribution >= 4 is 27.5 Å². The molecule has 160 valence electrons. The second-order valence-electron chi connectivity index (χ2n) is 7.34. The Bertz CT molecular complexity index is 833. The van der Waals surface area contributed by atoms with Crippen molar-refractivity contribution in [2.75, 3.05) is 25.2 Å². The zero-order valence-corrected chi connectivity index (χ0v) is 17.5. The first-order valence-corrected chi connectivity index (χ1v) is 11.6. The topological polar surface area (TPSA) is 102 Å². The second-order valence-corrected chi connectivity index (χ2v) is 9.11. The van der Waals surface area contributed by atoms with Gasteiger partial charge in [0, 0.05) is 26.0 Å². The molecule has 8 nitrogen and oxygen atoms in total. The fourth-order valence-electron chi connectivity index (χ4n) is 3.70. The monoisotopic (exact) mass is 424 g/mol. The predicted molar refractivity (Wildman–Crippen MR) is 107 cm³/mol. The summed E-state index contributed by atoms with van der Waals surface area (Å²) in [7, 11) is -2.38. The van der Waals surface area contributed by atoms with E-state index in [0.29, 0.717) is 19.1 Å². The molecule has 0 unspecified atom stereocenters. The van der Waals surface area contributed by atoms with Crippen LogP contribution >= 0.6 is 0 Å². The molecule has 0 radical (unpaired) electrons. The summed E-state index contributed by atoms with van der Waals surface area (Å²) in [6.07, 6.45) is 6.89. The molecule has 2 amide bonds. The van der Waals surface area contributed by atoms with Gasteiger partial charge in [0.2, 0.25) is 21.8 Å². The lowest BCUT2D eigenvalue weighted by Gasteiger charge is -2.22. The minimum Gasteiger partial charge on any atom is -0.495 e. The van der Waals surface area contributed by atoms with Crippen LogP contribution in [0.25, 0.3) is 0 Å². The van der Waals surface area contributed by atoms with E-state index in [1.807, 2.05) is 0 Å². The molecule has 1 aromatic carbocycles. The normalized spacial score (nSPS) is 18.4. The first-order valence-electron chi connectivity index (χ1n) is 10.1. The maximum atomic E-state index is 12.6. The Labute approximate surface area is 171 Å². The number of carbonyl (C=O) groups excluding carboxylic acids is 2. The molecule has 1 N–H and O–H groups in total. The van der Waals surface area contributed by atoms with E-state index in [-0.39, 0.29) is 47.5 Å². The van der Waals surface area contributed by atoms with E-state index in [1.165, 1.54) is 44.6 Å². The highest BCUT2D eigenvalue weighted by Gasteiger charge is 2.33. The standard InChI is InChI=1S/C20H28N2O6S/c1-27-18-9-8-16(14-17(18)22-19(23)10-11-20(22)24)29(25,26)21-12-5-13-28-15-6-3-2-4-7-15/h8-9,14-15,21H,2-7,10-13H2,1H3. The number of amides is 2. The number of imide groups is 1. The van der Waals surface area contributed by atoms with Crippen LogP contribution in [-0.4, -0.2) is 46.6 Å². The van der Waals surface area contributed by atoms with Crippen LogP contribution in [0.4, 0.5) is 5.69 Å². The number of anilines is 1. The highest BCUT2D eigenvalue weighted by atomic mass is 32.2. The number of sulfonamides is 1. The predicted octanol–water partition coefficient (Wildman–Crippen LogP) is 2.37. The van der Waals surface area contributed by atoms with E-state index in [1.54, 1.807) is 0 Å². The minimum absolute atomic E-state index is 0.0194. The fourth-order valence-corrected chi connectivity index (χ4v) is 4.79. The largest absolute Gasteiger partial charge is 0.495 e. The number of nitrogens with one attached hydrogen (secondary N) is 1. The van der Waals surface area contributed by atoms with Crippen molar-refractivity contribution in [3.8, 4) is 5.75 Å². The molecule has 1 aliphatic carbocycles. The Morgan fingerprint density at radius 2 is 1.79 bits per heavy atom. The van der Waals surface area contributed by atoms with Gasteiger partial charge in [0.1, 0.15) is 5.75 Å². The van der Waals surface area contributed by atoms with Crippen LogP contribution in [0, 0.1) is 0 Å². The third kappa shape index (κ3) is 5.34. The van der Waals surface area contributed by atoms with Crippen LogP contribution in [0.1, 0.15) is 51.4 Å². The van der Waals surface area contributed by atoms with Crippen LogP contribution in [0.15, 0.2) is 23.1 Å². The molecule has 0 atom stereocenters. The van der Waals surface area contributed by atoms with Crippen molar-refractivity contribution in [2.24, 2.45) is 0 Å². The molecule has 1 saturated heterocycles. The van der Waals surface area contributed by atoms with E-state index in [0.717, 1.165) is 17.7 Å². The van der Waals surface area contributed by atoms with Crippen molar-refractivity contribution in [1.82, 2.24) is 4.72 Å². The summed E-state index contributed by atoms with van der Waals surface area (Å²) in [4.78, 5) is 25.1. The van der Waals surface area contributed by atoms with E-state index >= 15 is 0 Å². The Kier molecular flexibility index (Phi) is 7.26. The number of hydrogen-bond donors (Lipinski definition) is 1. The molecule has 29 heavy (non-hydrogen) atoms. The molecule has 1 heterocycles. The smallest absolute Gasteiger partial charge is 0.240 e. The molecule has 9 heteroatoms. The van der Waals surface area contributed by atoms with Gasteiger partial charge in [-0.3, -0.25) is 9.59 Å². The average molecular weight is 425 g/mol. The van der Waals surface area contributed by atoms with Gasteiger partial charge in [-0.2, -0.15) is 0 Å². The van der Waals surface area contributed by atoms with Crippen LogP contribution < -0.4 is 14.4 Å². The highest BCUT2D eigenvalue weighted by molar-refractivity contribution is 7.89. The molecule has 1 saturated carbocycles. The molecule has 0 spiro atoms. The third-order valence-electron chi connectivity index (χ3n) is 5.27. The van der Waals surface area contributed by atoms with Gasteiger partial charge < -0.3 is 9.47 Å². The molecule has 3 rings (SSSR count). The van der Waals surface area contributed by atoms with Gasteiger partial charge in [-0.15, -0.1) is 0 Å². The molecule has 2 aliphatic rings. The number of hydrogen-bond acceptors (Lipinski definition) is 6. The quantitative estimate of drug-likeness (QED) is 0.482. The SMILES string of the molecule is COc1ccc(S(=O)(=O)NCCCOC2CCCCC2)cc1N1C(=O)CCC1=O. The lowest BCUT2D eigenvalue weighted by molar-refractivity contribution is -0.121. The Balaban J connectivity index is 1.61. The first kappa shape index (κ1) is 21.7. The minimum atomic E-state index is -3.79. The number of ether oxygens (including phenoxy) is 2. The van der Waals surface area contributed by atoms with Crippen molar-refractivity contribution in [1.29, 1.82) is 0 Å². The maximum absolute atomic E-state index is 12.6. The summed E-state index contributed by atoms with van der Waals surface area (Å²) in [5, 5.41) is 0. The van der Waals surface area contributed by atoms with Gasteiger partial charge in [0.25, 0.3) is 0 Å². The lowest BCUT2D eigenvalue weighted by Crippen LogP contribution is -2.30. The van der Waals surface area contributed by atoms with Gasteiger partial charge in [-0.25, -0.2) is 18.0 Å². The van der Waals surface area contributed by atoms with Crippen LogP contribution in [0.3, 0.4) is 0 Å². The number of benzene rings is 1. The van der Waals surface area contributed by atoms with E-state index < -0.39 is 10.0 Å². The van der Waals surface area contributed by atoms with Gasteiger partial charge in [0.15, 0.2) is 0 Å². The molecule has 0 bridgehead atoms. The first-order chi connectivity index (χ1) is 13.9.